The predicted molar refractivity (Wildman–Crippen MR) is 121 cm³/mol. The molecule has 0 saturated heterocycles. The van der Waals surface area contributed by atoms with Crippen LogP contribution in [-0.4, -0.2) is 30.5 Å². The zero-order chi connectivity index (χ0) is 22.0. The van der Waals surface area contributed by atoms with Gasteiger partial charge in [-0.1, -0.05) is 18.2 Å². The summed E-state index contributed by atoms with van der Waals surface area (Å²) in [7, 11) is 0. The number of halogens is 1. The Morgan fingerprint density at radius 3 is 2.55 bits per heavy atom. The highest BCUT2D eigenvalue weighted by molar-refractivity contribution is 5.84. The fraction of sp³-hybridized carbons (Fsp3) is 0.304. The number of benzene rings is 1. The van der Waals surface area contributed by atoms with Gasteiger partial charge < -0.3 is 15.2 Å². The van der Waals surface area contributed by atoms with E-state index in [9.17, 15) is 4.39 Å². The van der Waals surface area contributed by atoms with Crippen molar-refractivity contribution in [3.63, 3.8) is 0 Å². The van der Waals surface area contributed by atoms with E-state index in [0.717, 1.165) is 28.0 Å². The van der Waals surface area contributed by atoms with Gasteiger partial charge in [0.2, 0.25) is 5.95 Å². The molecule has 0 atom stereocenters. The molecule has 7 nitrogen and oxygen atoms in total. The third-order valence-corrected chi connectivity index (χ3v) is 4.80. The van der Waals surface area contributed by atoms with Gasteiger partial charge in [-0.3, -0.25) is 4.98 Å². The van der Waals surface area contributed by atoms with Gasteiger partial charge in [0.15, 0.2) is 17.0 Å². The van der Waals surface area contributed by atoms with Crippen molar-refractivity contribution in [1.82, 2.24) is 24.5 Å². The van der Waals surface area contributed by atoms with E-state index in [1.54, 1.807) is 18.6 Å². The summed E-state index contributed by atoms with van der Waals surface area (Å²) >= 11 is 0. The molecule has 0 fully saturated rings. The largest absolute Gasteiger partial charge is 0.364 e. The van der Waals surface area contributed by atoms with Gasteiger partial charge >= 0.3 is 0 Å². The first-order valence-corrected chi connectivity index (χ1v) is 10.4. The minimum absolute atomic E-state index is 0.209. The maximum absolute atomic E-state index is 13.5. The van der Waals surface area contributed by atoms with Crippen LogP contribution < -0.4 is 10.6 Å². The summed E-state index contributed by atoms with van der Waals surface area (Å²) in [5, 5.41) is 6.65. The summed E-state index contributed by atoms with van der Waals surface area (Å²) in [4.78, 5) is 18.3. The highest BCUT2D eigenvalue weighted by Crippen LogP contribution is 2.24. The SMILES string of the molecule is CC(C)Nc1nc(NCc2ccc(-c3cccc(F)c3)nc2)c2ncn(C(C)C)c2n1. The molecule has 1 aromatic carbocycles. The van der Waals surface area contributed by atoms with Crippen LogP contribution in [0.2, 0.25) is 0 Å². The van der Waals surface area contributed by atoms with Gasteiger partial charge in [-0.05, 0) is 51.5 Å². The number of rotatable bonds is 7. The second kappa shape index (κ2) is 8.67. The molecule has 4 rings (SSSR count). The normalized spacial score (nSPS) is 11.5. The number of anilines is 2. The minimum Gasteiger partial charge on any atom is -0.364 e. The lowest BCUT2D eigenvalue weighted by Gasteiger charge is -2.13. The average Bonchev–Trinajstić information content (AvgIpc) is 3.16. The molecule has 160 valence electrons. The molecule has 0 amide bonds. The van der Waals surface area contributed by atoms with E-state index >= 15 is 0 Å². The highest BCUT2D eigenvalue weighted by atomic mass is 19.1. The smallest absolute Gasteiger partial charge is 0.226 e. The fourth-order valence-electron chi connectivity index (χ4n) is 3.27. The fourth-order valence-corrected chi connectivity index (χ4v) is 3.27. The van der Waals surface area contributed by atoms with Gasteiger partial charge in [0.25, 0.3) is 0 Å². The molecule has 0 unspecified atom stereocenters. The van der Waals surface area contributed by atoms with Crippen LogP contribution in [0.4, 0.5) is 16.2 Å². The van der Waals surface area contributed by atoms with Crippen LogP contribution in [0.3, 0.4) is 0 Å². The number of nitrogens with one attached hydrogen (secondary N) is 2. The Kier molecular flexibility index (Phi) is 5.79. The Morgan fingerprint density at radius 2 is 1.87 bits per heavy atom. The summed E-state index contributed by atoms with van der Waals surface area (Å²) in [5.41, 5.74) is 3.98. The third kappa shape index (κ3) is 4.63. The van der Waals surface area contributed by atoms with Gasteiger partial charge in [-0.25, -0.2) is 9.37 Å². The molecule has 0 aliphatic heterocycles. The Hall–Kier alpha value is -3.55. The number of fused-ring (bicyclic) bond motifs is 1. The topological polar surface area (TPSA) is 80.5 Å². The van der Waals surface area contributed by atoms with Crippen molar-refractivity contribution in [3.8, 4) is 11.3 Å². The summed E-state index contributed by atoms with van der Waals surface area (Å²) in [6.45, 7) is 8.81. The van der Waals surface area contributed by atoms with Crippen molar-refractivity contribution in [2.75, 3.05) is 10.6 Å². The highest BCUT2D eigenvalue weighted by Gasteiger charge is 2.15. The molecule has 3 aromatic heterocycles. The lowest BCUT2D eigenvalue weighted by molar-refractivity contribution is 0.612. The lowest BCUT2D eigenvalue weighted by atomic mass is 10.1. The van der Waals surface area contributed by atoms with Crippen molar-refractivity contribution >= 4 is 22.9 Å². The summed E-state index contributed by atoms with van der Waals surface area (Å²) in [6, 6.07) is 10.7. The molecule has 2 N–H and O–H groups in total. The number of pyridine rings is 1. The zero-order valence-corrected chi connectivity index (χ0v) is 18.1. The van der Waals surface area contributed by atoms with Crippen LogP contribution in [-0.2, 0) is 6.54 Å². The summed E-state index contributed by atoms with van der Waals surface area (Å²) < 4.78 is 15.5. The van der Waals surface area contributed by atoms with Gasteiger partial charge in [-0.2, -0.15) is 9.97 Å². The molecule has 0 spiro atoms. The van der Waals surface area contributed by atoms with E-state index in [1.807, 2.05) is 36.6 Å². The van der Waals surface area contributed by atoms with Crippen LogP contribution in [0, 0.1) is 5.82 Å². The maximum Gasteiger partial charge on any atom is 0.226 e. The zero-order valence-electron chi connectivity index (χ0n) is 18.1. The third-order valence-electron chi connectivity index (χ3n) is 4.80. The Balaban J connectivity index is 1.58. The molecule has 0 aliphatic carbocycles. The van der Waals surface area contributed by atoms with Crippen molar-refractivity contribution in [1.29, 1.82) is 0 Å². The summed E-state index contributed by atoms with van der Waals surface area (Å²) in [6.07, 6.45) is 3.58. The second-order valence-electron chi connectivity index (χ2n) is 8.03. The molecule has 4 aromatic rings. The number of aromatic nitrogens is 5. The molecule has 0 aliphatic rings. The average molecular weight is 420 g/mol. The molecule has 0 bridgehead atoms. The molecular formula is C23H26FN7. The van der Waals surface area contributed by atoms with Crippen molar-refractivity contribution in [2.24, 2.45) is 0 Å². The molecule has 3 heterocycles. The monoisotopic (exact) mass is 419 g/mol. The quantitative estimate of drug-likeness (QED) is 0.437. The number of hydrogen-bond donors (Lipinski definition) is 2. The Bertz CT molecular complexity index is 1180. The van der Waals surface area contributed by atoms with E-state index in [2.05, 4.69) is 44.4 Å². The number of imidazole rings is 1. The van der Waals surface area contributed by atoms with Crippen molar-refractivity contribution in [3.05, 3.63) is 60.3 Å². The van der Waals surface area contributed by atoms with Crippen LogP contribution in [0.25, 0.3) is 22.4 Å². The van der Waals surface area contributed by atoms with Gasteiger partial charge in [-0.15, -0.1) is 0 Å². The van der Waals surface area contributed by atoms with Gasteiger partial charge in [0.05, 0.1) is 12.0 Å². The van der Waals surface area contributed by atoms with Crippen molar-refractivity contribution in [2.45, 2.75) is 46.3 Å². The Labute approximate surface area is 180 Å². The lowest BCUT2D eigenvalue weighted by Crippen LogP contribution is -2.14. The van der Waals surface area contributed by atoms with E-state index in [-0.39, 0.29) is 17.9 Å². The van der Waals surface area contributed by atoms with Crippen LogP contribution >= 0.6 is 0 Å². The van der Waals surface area contributed by atoms with Crippen LogP contribution in [0.1, 0.15) is 39.3 Å². The molecule has 0 radical (unpaired) electrons. The molecule has 0 saturated carbocycles. The van der Waals surface area contributed by atoms with Crippen LogP contribution in [0.5, 0.6) is 0 Å². The first-order chi connectivity index (χ1) is 14.9. The first kappa shape index (κ1) is 20.7. The molecule has 8 heteroatoms. The second-order valence-corrected chi connectivity index (χ2v) is 8.03. The number of hydrogen-bond acceptors (Lipinski definition) is 6. The first-order valence-electron chi connectivity index (χ1n) is 10.4. The van der Waals surface area contributed by atoms with Gasteiger partial charge in [0.1, 0.15) is 5.82 Å². The molecule has 31 heavy (non-hydrogen) atoms. The standard InChI is InChI=1S/C23H26FN7/c1-14(2)28-23-29-21(20-22(30-23)31(13-27-20)15(3)4)26-12-16-8-9-19(25-11-16)17-6-5-7-18(24)10-17/h5-11,13-15H,12H2,1-4H3,(H2,26,28,29,30). The molecular weight excluding hydrogens is 393 g/mol. The van der Waals surface area contributed by atoms with Crippen molar-refractivity contribution < 1.29 is 4.39 Å². The van der Waals surface area contributed by atoms with Gasteiger partial charge in [0, 0.05) is 30.4 Å². The summed E-state index contributed by atoms with van der Waals surface area (Å²) in [5.74, 6) is 0.957. The van der Waals surface area contributed by atoms with Crippen LogP contribution in [0.15, 0.2) is 48.9 Å². The predicted octanol–water partition coefficient (Wildman–Crippen LogP) is 5.04. The Morgan fingerprint density at radius 1 is 1.03 bits per heavy atom. The maximum atomic E-state index is 13.5. The van der Waals surface area contributed by atoms with E-state index in [4.69, 9.17) is 0 Å². The van der Waals surface area contributed by atoms with E-state index < -0.39 is 0 Å². The minimum atomic E-state index is -0.274. The van der Waals surface area contributed by atoms with E-state index in [0.29, 0.717) is 18.3 Å². The van der Waals surface area contributed by atoms with E-state index in [1.165, 1.54) is 12.1 Å². The number of nitrogens with zero attached hydrogens (tertiary/aromatic N) is 5.